The van der Waals surface area contributed by atoms with Crippen molar-refractivity contribution in [2.75, 3.05) is 6.61 Å². The fraction of sp³-hybridized carbons (Fsp3) is 0.562. The van der Waals surface area contributed by atoms with E-state index in [2.05, 4.69) is 9.97 Å². The van der Waals surface area contributed by atoms with Crippen LogP contribution in [0.4, 0.5) is 0 Å². The zero-order valence-electron chi connectivity index (χ0n) is 12.2. The first kappa shape index (κ1) is 14.1. The molecule has 0 aromatic carbocycles. The van der Waals surface area contributed by atoms with Crippen LogP contribution in [0.5, 0.6) is 5.88 Å². The third-order valence-electron chi connectivity index (χ3n) is 4.68. The number of aryl methyl sites for hydroxylation is 1. The van der Waals surface area contributed by atoms with Crippen molar-refractivity contribution in [3.63, 3.8) is 0 Å². The third-order valence-corrected chi connectivity index (χ3v) is 5.86. The number of Topliss-reactive ketones (excluding diaryl/α,β-unsaturated/α-hetero) is 1. The largest absolute Gasteiger partial charge is 0.474 e. The van der Waals surface area contributed by atoms with Gasteiger partial charge in [0.2, 0.25) is 5.88 Å². The van der Waals surface area contributed by atoms with Gasteiger partial charge in [0.1, 0.15) is 23.0 Å². The molecule has 0 radical (unpaired) electrons. The minimum atomic E-state index is 0.0559. The van der Waals surface area contributed by atoms with E-state index in [0.29, 0.717) is 24.5 Å². The van der Waals surface area contributed by atoms with Gasteiger partial charge in [0, 0.05) is 23.6 Å². The van der Waals surface area contributed by atoms with Crippen molar-refractivity contribution in [1.29, 1.82) is 0 Å². The average Bonchev–Trinajstić information content (AvgIpc) is 3.08. The maximum atomic E-state index is 11.4. The maximum absolute atomic E-state index is 11.4. The second kappa shape index (κ2) is 5.59. The first-order chi connectivity index (χ1) is 10.8. The van der Waals surface area contributed by atoms with Crippen molar-refractivity contribution in [3.05, 3.63) is 16.8 Å². The van der Waals surface area contributed by atoms with Crippen LogP contribution in [0.3, 0.4) is 0 Å². The zero-order valence-corrected chi connectivity index (χ0v) is 13.1. The Balaban J connectivity index is 1.70. The van der Waals surface area contributed by atoms with Gasteiger partial charge in [-0.25, -0.2) is 9.97 Å². The highest BCUT2D eigenvalue weighted by molar-refractivity contribution is 7.19. The molecule has 2 aliphatic rings. The minimum absolute atomic E-state index is 0.0559. The van der Waals surface area contributed by atoms with E-state index < -0.39 is 0 Å². The first-order valence-electron chi connectivity index (χ1n) is 7.81. The summed E-state index contributed by atoms with van der Waals surface area (Å²) in [7, 11) is 0. The summed E-state index contributed by atoms with van der Waals surface area (Å²) in [6, 6.07) is 0. The molecular formula is C16H18N2O3S. The molecule has 0 amide bonds. The van der Waals surface area contributed by atoms with Crippen LogP contribution in [0.1, 0.15) is 48.5 Å². The molecule has 0 spiro atoms. The predicted molar refractivity (Wildman–Crippen MR) is 83.5 cm³/mol. The van der Waals surface area contributed by atoms with Crippen molar-refractivity contribution < 1.29 is 14.6 Å². The number of ketones is 1. The first-order valence-corrected chi connectivity index (χ1v) is 8.63. The van der Waals surface area contributed by atoms with Crippen LogP contribution in [0.2, 0.25) is 0 Å². The van der Waals surface area contributed by atoms with Crippen LogP contribution < -0.4 is 4.74 Å². The van der Waals surface area contributed by atoms with Gasteiger partial charge < -0.3 is 9.84 Å². The molecule has 0 aliphatic heterocycles. The van der Waals surface area contributed by atoms with E-state index >= 15 is 0 Å². The van der Waals surface area contributed by atoms with E-state index in [1.165, 1.54) is 10.4 Å². The molecule has 0 bridgehead atoms. The van der Waals surface area contributed by atoms with E-state index in [4.69, 9.17) is 4.74 Å². The van der Waals surface area contributed by atoms with Gasteiger partial charge in [-0.1, -0.05) is 0 Å². The summed E-state index contributed by atoms with van der Waals surface area (Å²) in [5.74, 6) is 1.12. The molecule has 6 heteroatoms. The number of rotatable bonds is 3. The molecule has 1 saturated carbocycles. The molecule has 1 unspecified atom stereocenters. The van der Waals surface area contributed by atoms with E-state index in [1.807, 2.05) is 0 Å². The van der Waals surface area contributed by atoms with E-state index in [0.717, 1.165) is 35.9 Å². The smallest absolute Gasteiger partial charge is 0.225 e. The van der Waals surface area contributed by atoms with Gasteiger partial charge in [0.05, 0.1) is 12.0 Å². The summed E-state index contributed by atoms with van der Waals surface area (Å²) < 4.78 is 6.12. The number of aliphatic hydroxyl groups excluding tert-OH is 1. The number of nitrogens with zero attached hydrogens (tertiary/aromatic N) is 2. The summed E-state index contributed by atoms with van der Waals surface area (Å²) in [6.07, 6.45) is 6.31. The maximum Gasteiger partial charge on any atom is 0.225 e. The summed E-state index contributed by atoms with van der Waals surface area (Å²) in [4.78, 5) is 22.3. The third kappa shape index (κ3) is 2.30. The lowest BCUT2D eigenvalue weighted by Crippen LogP contribution is -2.24. The molecule has 1 atom stereocenters. The second-order valence-electron chi connectivity index (χ2n) is 6.07. The van der Waals surface area contributed by atoms with Crippen LogP contribution in [-0.2, 0) is 11.2 Å². The van der Waals surface area contributed by atoms with E-state index in [1.54, 1.807) is 17.7 Å². The number of hydrogen-bond donors (Lipinski definition) is 1. The van der Waals surface area contributed by atoms with Gasteiger partial charge in [-0.05, 0) is 31.2 Å². The summed E-state index contributed by atoms with van der Waals surface area (Å²) in [5.41, 5.74) is 1.19. The Morgan fingerprint density at radius 3 is 2.82 bits per heavy atom. The van der Waals surface area contributed by atoms with Crippen LogP contribution >= 0.6 is 11.3 Å². The van der Waals surface area contributed by atoms with Gasteiger partial charge >= 0.3 is 0 Å². The number of carbonyl (C=O) groups excluding carboxylic acids is 1. The molecule has 1 N–H and O–H groups in total. The predicted octanol–water partition coefficient (Wildman–Crippen LogP) is 2.60. The van der Waals surface area contributed by atoms with Gasteiger partial charge in [-0.15, -0.1) is 11.3 Å². The minimum Gasteiger partial charge on any atom is -0.474 e. The van der Waals surface area contributed by atoms with Gasteiger partial charge in [0.15, 0.2) is 0 Å². The Hall–Kier alpha value is -1.53. The number of fused-ring (bicyclic) bond motifs is 3. The topological polar surface area (TPSA) is 72.3 Å². The zero-order chi connectivity index (χ0) is 15.1. The fourth-order valence-corrected chi connectivity index (χ4v) is 4.73. The Labute approximate surface area is 132 Å². The molecule has 0 saturated heterocycles. The molecule has 2 aliphatic carbocycles. The lowest BCUT2D eigenvalue weighted by atomic mass is 9.96. The molecule has 2 aromatic rings. The number of aliphatic hydroxyl groups is 1. The summed E-state index contributed by atoms with van der Waals surface area (Å²) in [6.45, 7) is 0.158. The van der Waals surface area contributed by atoms with Crippen molar-refractivity contribution in [3.8, 4) is 5.88 Å². The van der Waals surface area contributed by atoms with Crippen molar-refractivity contribution in [2.45, 2.75) is 50.5 Å². The summed E-state index contributed by atoms with van der Waals surface area (Å²) in [5, 5.41) is 10.6. The normalized spacial score (nSPS) is 22.2. The van der Waals surface area contributed by atoms with Crippen molar-refractivity contribution >= 4 is 27.3 Å². The average molecular weight is 318 g/mol. The second-order valence-corrected chi connectivity index (χ2v) is 7.16. The van der Waals surface area contributed by atoms with Gasteiger partial charge in [-0.2, -0.15) is 0 Å². The quantitative estimate of drug-likeness (QED) is 0.942. The highest BCUT2D eigenvalue weighted by atomic mass is 32.1. The molecule has 4 rings (SSSR count). The standard InChI is InChI=1S/C16H18N2O3S/c19-7-9-1-6-12-13(9)14-15(17-8-18-16(14)22-12)21-11-4-2-10(20)3-5-11/h8-9,11,19H,1-7H2. The molecule has 2 aromatic heterocycles. The van der Waals surface area contributed by atoms with E-state index in [-0.39, 0.29) is 18.6 Å². The monoisotopic (exact) mass is 318 g/mol. The van der Waals surface area contributed by atoms with Crippen LogP contribution in [-0.4, -0.2) is 33.6 Å². The fourth-order valence-electron chi connectivity index (χ4n) is 3.50. The number of thiophene rings is 1. The molecule has 2 heterocycles. The Kier molecular flexibility index (Phi) is 3.58. The SMILES string of the molecule is O=C1CCC(Oc2ncnc3sc4c(c23)C(CO)CC4)CC1. The number of hydrogen-bond acceptors (Lipinski definition) is 6. The highest BCUT2D eigenvalue weighted by Gasteiger charge is 2.30. The molecule has 116 valence electrons. The summed E-state index contributed by atoms with van der Waals surface area (Å²) >= 11 is 1.69. The van der Waals surface area contributed by atoms with E-state index in [9.17, 15) is 9.90 Å². The Morgan fingerprint density at radius 2 is 2.05 bits per heavy atom. The van der Waals surface area contributed by atoms with Crippen molar-refractivity contribution in [2.24, 2.45) is 0 Å². The lowest BCUT2D eigenvalue weighted by Gasteiger charge is -2.22. The Morgan fingerprint density at radius 1 is 1.23 bits per heavy atom. The number of carbonyl (C=O) groups is 1. The Bertz CT molecular complexity index is 717. The van der Waals surface area contributed by atoms with Crippen molar-refractivity contribution in [1.82, 2.24) is 9.97 Å². The van der Waals surface area contributed by atoms with Gasteiger partial charge in [-0.3, -0.25) is 4.79 Å². The van der Waals surface area contributed by atoms with Gasteiger partial charge in [0.25, 0.3) is 0 Å². The molecule has 22 heavy (non-hydrogen) atoms. The number of ether oxygens (including phenoxy) is 1. The van der Waals surface area contributed by atoms with Crippen LogP contribution in [0, 0.1) is 0 Å². The molecular weight excluding hydrogens is 300 g/mol. The number of aromatic nitrogens is 2. The molecule has 1 fully saturated rings. The van der Waals surface area contributed by atoms with Crippen LogP contribution in [0.15, 0.2) is 6.33 Å². The van der Waals surface area contributed by atoms with Crippen LogP contribution in [0.25, 0.3) is 10.2 Å². The highest BCUT2D eigenvalue weighted by Crippen LogP contribution is 2.45. The lowest BCUT2D eigenvalue weighted by molar-refractivity contribution is -0.121. The molecule has 5 nitrogen and oxygen atoms in total.